The highest BCUT2D eigenvalue weighted by molar-refractivity contribution is 6.74. The van der Waals surface area contributed by atoms with Gasteiger partial charge in [0.2, 0.25) is 0 Å². The first-order chi connectivity index (χ1) is 12.1. The van der Waals surface area contributed by atoms with E-state index in [-0.39, 0.29) is 23.0 Å². The maximum Gasteiger partial charge on any atom is 0.316 e. The number of carbonyl (C=O) groups excluding carboxylic acids is 1. The van der Waals surface area contributed by atoms with Crippen molar-refractivity contribution < 1.29 is 18.7 Å². The molecular weight excluding hydrogens is 344 g/mol. The van der Waals surface area contributed by atoms with Gasteiger partial charge < -0.3 is 13.9 Å². The summed E-state index contributed by atoms with van der Waals surface area (Å²) in [5, 5.41) is 2.25. The van der Waals surface area contributed by atoms with E-state index in [1.54, 1.807) is 7.11 Å². The smallest absolute Gasteiger partial charge is 0.316 e. The lowest BCUT2D eigenvalue weighted by Crippen LogP contribution is -2.45. The summed E-state index contributed by atoms with van der Waals surface area (Å²) in [4.78, 5) is 12.5. The minimum absolute atomic E-state index is 0.0864. The molecule has 0 N–H and O–H groups in total. The Morgan fingerprint density at radius 2 is 1.73 bits per heavy atom. The van der Waals surface area contributed by atoms with Gasteiger partial charge in [-0.25, -0.2) is 0 Å². The van der Waals surface area contributed by atoms with Crippen LogP contribution in [0, 0.1) is 0 Å². The number of esters is 1. The number of fused-ring (bicyclic) bond motifs is 1. The van der Waals surface area contributed by atoms with Crippen LogP contribution in [0.25, 0.3) is 10.8 Å². The number of carbonyl (C=O) groups is 1. The minimum atomic E-state index is -1.99. The SMILES string of the molecule is COc1ccc2cc([C@@H]3C(=O)OC[C@H]3O[Si](C)(C)C(C)(C)C)ccc2c1. The molecule has 0 amide bonds. The summed E-state index contributed by atoms with van der Waals surface area (Å²) in [5.74, 6) is 0.266. The molecule has 0 aromatic heterocycles. The molecule has 0 bridgehead atoms. The van der Waals surface area contributed by atoms with Crippen molar-refractivity contribution in [2.24, 2.45) is 0 Å². The molecule has 3 rings (SSSR count). The van der Waals surface area contributed by atoms with Gasteiger partial charge in [0.05, 0.1) is 13.2 Å². The Morgan fingerprint density at radius 1 is 1.08 bits per heavy atom. The first-order valence-electron chi connectivity index (χ1n) is 9.04. The van der Waals surface area contributed by atoms with E-state index in [0.717, 1.165) is 22.1 Å². The maximum atomic E-state index is 12.5. The van der Waals surface area contributed by atoms with Gasteiger partial charge in [0.15, 0.2) is 8.32 Å². The van der Waals surface area contributed by atoms with Gasteiger partial charge in [0, 0.05) is 0 Å². The highest BCUT2D eigenvalue weighted by Gasteiger charge is 2.46. The molecule has 1 saturated heterocycles. The van der Waals surface area contributed by atoms with E-state index in [4.69, 9.17) is 13.9 Å². The number of methoxy groups -OCH3 is 1. The monoisotopic (exact) mass is 372 g/mol. The molecule has 0 radical (unpaired) electrons. The third-order valence-electron chi connectivity index (χ3n) is 5.70. The summed E-state index contributed by atoms with van der Waals surface area (Å²) < 4.78 is 17.2. The molecule has 1 aliphatic heterocycles. The molecule has 1 fully saturated rings. The van der Waals surface area contributed by atoms with Crippen LogP contribution in [0.4, 0.5) is 0 Å². The van der Waals surface area contributed by atoms with Gasteiger partial charge in [0.1, 0.15) is 18.3 Å². The average molecular weight is 373 g/mol. The van der Waals surface area contributed by atoms with Crippen LogP contribution >= 0.6 is 0 Å². The van der Waals surface area contributed by atoms with Crippen LogP contribution in [0.15, 0.2) is 36.4 Å². The van der Waals surface area contributed by atoms with Gasteiger partial charge >= 0.3 is 5.97 Å². The summed E-state index contributed by atoms with van der Waals surface area (Å²) in [5.41, 5.74) is 0.953. The van der Waals surface area contributed by atoms with Gasteiger partial charge in [0.25, 0.3) is 0 Å². The second kappa shape index (κ2) is 6.71. The largest absolute Gasteiger partial charge is 0.497 e. The first-order valence-corrected chi connectivity index (χ1v) is 12.0. The molecule has 140 valence electrons. The van der Waals surface area contributed by atoms with Crippen LogP contribution in [-0.4, -0.2) is 34.1 Å². The quantitative estimate of drug-likeness (QED) is 0.567. The topological polar surface area (TPSA) is 44.8 Å². The molecule has 1 aliphatic rings. The third kappa shape index (κ3) is 3.51. The molecule has 0 spiro atoms. The van der Waals surface area contributed by atoms with E-state index in [2.05, 4.69) is 39.9 Å². The lowest BCUT2D eigenvalue weighted by Gasteiger charge is -2.38. The number of benzene rings is 2. The molecule has 0 aliphatic carbocycles. The highest BCUT2D eigenvalue weighted by atomic mass is 28.4. The Bertz CT molecular complexity index is 822. The van der Waals surface area contributed by atoms with Crippen molar-refractivity contribution in [2.45, 2.75) is 50.9 Å². The van der Waals surface area contributed by atoms with Crippen molar-refractivity contribution in [1.29, 1.82) is 0 Å². The first kappa shape index (κ1) is 18.9. The maximum absolute atomic E-state index is 12.5. The van der Waals surface area contributed by atoms with Crippen molar-refractivity contribution in [2.75, 3.05) is 13.7 Å². The zero-order chi connectivity index (χ0) is 19.1. The Kier molecular flexibility index (Phi) is 4.88. The predicted molar refractivity (Wildman–Crippen MR) is 106 cm³/mol. The van der Waals surface area contributed by atoms with E-state index < -0.39 is 8.32 Å². The summed E-state index contributed by atoms with van der Waals surface area (Å²) in [6.45, 7) is 11.4. The standard InChI is InChI=1S/C21H28O4Si/c1-21(2,3)26(5,6)25-18-13-24-20(22)19(18)16-8-7-15-12-17(23-4)10-9-14(15)11-16/h7-12,18-19H,13H2,1-6H3/t18-,19+/m1/s1. The number of rotatable bonds is 4. The second-order valence-electron chi connectivity index (χ2n) is 8.50. The Morgan fingerprint density at radius 3 is 2.38 bits per heavy atom. The molecule has 5 heteroatoms. The zero-order valence-corrected chi connectivity index (χ0v) is 17.5. The molecule has 26 heavy (non-hydrogen) atoms. The van der Waals surface area contributed by atoms with Crippen LogP contribution < -0.4 is 4.74 Å². The minimum Gasteiger partial charge on any atom is -0.497 e. The van der Waals surface area contributed by atoms with E-state index >= 15 is 0 Å². The van der Waals surface area contributed by atoms with Crippen molar-refractivity contribution >= 4 is 25.1 Å². The molecule has 1 heterocycles. The van der Waals surface area contributed by atoms with Gasteiger partial charge in [-0.05, 0) is 46.6 Å². The van der Waals surface area contributed by atoms with Crippen LogP contribution in [0.3, 0.4) is 0 Å². The lowest BCUT2D eigenvalue weighted by molar-refractivity contribution is -0.139. The fourth-order valence-corrected chi connectivity index (χ4v) is 4.39. The fraction of sp³-hybridized carbons (Fsp3) is 0.476. The number of ether oxygens (including phenoxy) is 2. The fourth-order valence-electron chi connectivity index (χ4n) is 3.07. The molecule has 2 atom stereocenters. The number of cyclic esters (lactones) is 1. The van der Waals surface area contributed by atoms with E-state index in [0.29, 0.717) is 6.61 Å². The predicted octanol–water partition coefficient (Wildman–Crippen LogP) is 4.88. The summed E-state index contributed by atoms with van der Waals surface area (Å²) in [6, 6.07) is 12.0. The molecule has 2 aromatic rings. The lowest BCUT2D eigenvalue weighted by atomic mass is 9.93. The Hall–Kier alpha value is -1.85. The van der Waals surface area contributed by atoms with E-state index in [9.17, 15) is 4.79 Å². The van der Waals surface area contributed by atoms with Crippen LogP contribution in [0.1, 0.15) is 32.3 Å². The van der Waals surface area contributed by atoms with Crippen LogP contribution in [-0.2, 0) is 14.0 Å². The Balaban J connectivity index is 1.92. The van der Waals surface area contributed by atoms with Crippen molar-refractivity contribution in [1.82, 2.24) is 0 Å². The van der Waals surface area contributed by atoms with Crippen molar-refractivity contribution in [3.63, 3.8) is 0 Å². The molecule has 4 nitrogen and oxygen atoms in total. The molecule has 0 saturated carbocycles. The second-order valence-corrected chi connectivity index (χ2v) is 13.3. The van der Waals surface area contributed by atoms with E-state index in [1.807, 2.05) is 30.3 Å². The van der Waals surface area contributed by atoms with Crippen LogP contribution in [0.5, 0.6) is 5.75 Å². The summed E-state index contributed by atoms with van der Waals surface area (Å²) >= 11 is 0. The van der Waals surface area contributed by atoms with E-state index in [1.165, 1.54) is 0 Å². The van der Waals surface area contributed by atoms with Crippen LogP contribution in [0.2, 0.25) is 18.1 Å². The number of hydrogen-bond acceptors (Lipinski definition) is 4. The normalized spacial score (nSPS) is 21.1. The summed E-state index contributed by atoms with van der Waals surface area (Å²) in [6.07, 6.45) is -0.223. The Labute approximate surface area is 156 Å². The molecular formula is C21H28O4Si. The summed E-state index contributed by atoms with van der Waals surface area (Å²) in [7, 11) is -0.329. The van der Waals surface area contributed by atoms with Gasteiger partial charge in [-0.15, -0.1) is 0 Å². The molecule has 2 aromatic carbocycles. The highest BCUT2D eigenvalue weighted by Crippen LogP contribution is 2.41. The van der Waals surface area contributed by atoms with Gasteiger partial charge in [-0.1, -0.05) is 45.0 Å². The molecule has 0 unspecified atom stereocenters. The van der Waals surface area contributed by atoms with Gasteiger partial charge in [-0.2, -0.15) is 0 Å². The zero-order valence-electron chi connectivity index (χ0n) is 16.5. The average Bonchev–Trinajstić information content (AvgIpc) is 2.92. The van der Waals surface area contributed by atoms with Crippen molar-refractivity contribution in [3.8, 4) is 5.75 Å². The third-order valence-corrected chi connectivity index (χ3v) is 10.2. The van der Waals surface area contributed by atoms with Crippen molar-refractivity contribution in [3.05, 3.63) is 42.0 Å². The van der Waals surface area contributed by atoms with Gasteiger partial charge in [-0.3, -0.25) is 4.79 Å². The number of hydrogen-bond donors (Lipinski definition) is 0.